The Labute approximate surface area is 131 Å². The number of hydrogen-bond donors (Lipinski definition) is 0. The van der Waals surface area contributed by atoms with Crippen LogP contribution in [-0.4, -0.2) is 9.55 Å². The quantitative estimate of drug-likeness (QED) is 0.686. The number of pyridine rings is 1. The Bertz CT molecular complexity index is 747. The molecule has 2 nitrogen and oxygen atoms in total. The molecule has 2 heterocycles. The van der Waals surface area contributed by atoms with Crippen molar-refractivity contribution in [2.45, 2.75) is 32.2 Å². The summed E-state index contributed by atoms with van der Waals surface area (Å²) < 4.78 is 2.50. The third-order valence-electron chi connectivity index (χ3n) is 4.36. The summed E-state index contributed by atoms with van der Waals surface area (Å²) in [5.41, 5.74) is 5.78. The number of benzene rings is 1. The monoisotopic (exact) mass is 298 g/mol. The van der Waals surface area contributed by atoms with E-state index >= 15 is 0 Å². The standard InChI is InChI=1S/C18H18N2.ClH/c1-2-6-14(7-3-1)13-20-17-9-5-4-8-15(17)16-12-19-11-10-18(16)20;/h1-3,6-7,10-12H,4-5,8-9,13H2;1H. The van der Waals surface area contributed by atoms with E-state index in [1.54, 1.807) is 0 Å². The fourth-order valence-corrected chi connectivity index (χ4v) is 3.42. The van der Waals surface area contributed by atoms with Gasteiger partial charge in [-0.15, -0.1) is 12.4 Å². The molecule has 0 aliphatic heterocycles. The van der Waals surface area contributed by atoms with Crippen molar-refractivity contribution in [1.82, 2.24) is 9.55 Å². The smallest absolute Gasteiger partial charge is 0.0519 e. The highest BCUT2D eigenvalue weighted by molar-refractivity contribution is 5.85. The van der Waals surface area contributed by atoms with Crippen molar-refractivity contribution < 1.29 is 0 Å². The largest absolute Gasteiger partial charge is 0.340 e. The maximum Gasteiger partial charge on any atom is 0.0519 e. The summed E-state index contributed by atoms with van der Waals surface area (Å²) in [5.74, 6) is 0. The summed E-state index contributed by atoms with van der Waals surface area (Å²) >= 11 is 0. The molecule has 1 aromatic carbocycles. The van der Waals surface area contributed by atoms with Gasteiger partial charge in [-0.1, -0.05) is 30.3 Å². The first-order valence-electron chi connectivity index (χ1n) is 7.41. The number of nitrogens with zero attached hydrogens (tertiary/aromatic N) is 2. The van der Waals surface area contributed by atoms with E-state index in [2.05, 4.69) is 45.9 Å². The van der Waals surface area contributed by atoms with Crippen LogP contribution in [0.15, 0.2) is 48.8 Å². The molecule has 0 N–H and O–H groups in total. The lowest BCUT2D eigenvalue weighted by Crippen LogP contribution is -2.09. The molecule has 1 aliphatic carbocycles. The number of fused-ring (bicyclic) bond motifs is 3. The van der Waals surface area contributed by atoms with E-state index in [-0.39, 0.29) is 12.4 Å². The van der Waals surface area contributed by atoms with Crippen LogP contribution in [0.25, 0.3) is 10.9 Å². The van der Waals surface area contributed by atoms with Crippen molar-refractivity contribution in [2.75, 3.05) is 0 Å². The van der Waals surface area contributed by atoms with E-state index < -0.39 is 0 Å². The van der Waals surface area contributed by atoms with Gasteiger partial charge in [-0.2, -0.15) is 0 Å². The molecule has 108 valence electrons. The van der Waals surface area contributed by atoms with Crippen LogP contribution in [0.5, 0.6) is 0 Å². The number of halogens is 1. The third-order valence-corrected chi connectivity index (χ3v) is 4.36. The first kappa shape index (κ1) is 14.2. The lowest BCUT2D eigenvalue weighted by molar-refractivity contribution is 0.638. The SMILES string of the molecule is Cl.c1ccc(Cn2c3c(c4cnccc42)CCCC3)cc1. The zero-order chi connectivity index (χ0) is 13.4. The van der Waals surface area contributed by atoms with Crippen LogP contribution >= 0.6 is 12.4 Å². The lowest BCUT2D eigenvalue weighted by Gasteiger charge is -2.16. The summed E-state index contributed by atoms with van der Waals surface area (Å²) in [6.07, 6.45) is 8.99. The highest BCUT2D eigenvalue weighted by Crippen LogP contribution is 2.32. The van der Waals surface area contributed by atoms with Crippen LogP contribution in [0.3, 0.4) is 0 Å². The van der Waals surface area contributed by atoms with Crippen LogP contribution in [0.2, 0.25) is 0 Å². The molecule has 0 unspecified atom stereocenters. The normalized spacial score (nSPS) is 13.7. The van der Waals surface area contributed by atoms with Gasteiger partial charge in [0.15, 0.2) is 0 Å². The summed E-state index contributed by atoms with van der Waals surface area (Å²) in [7, 11) is 0. The summed E-state index contributed by atoms with van der Waals surface area (Å²) in [5, 5.41) is 1.36. The fraction of sp³-hybridized carbons (Fsp3) is 0.278. The van der Waals surface area contributed by atoms with Crippen molar-refractivity contribution >= 4 is 23.3 Å². The Morgan fingerprint density at radius 3 is 2.67 bits per heavy atom. The average Bonchev–Trinajstić information content (AvgIpc) is 2.84. The highest BCUT2D eigenvalue weighted by Gasteiger charge is 2.19. The van der Waals surface area contributed by atoms with Gasteiger partial charge in [0.25, 0.3) is 0 Å². The van der Waals surface area contributed by atoms with E-state index in [0.29, 0.717) is 0 Å². The minimum absolute atomic E-state index is 0. The second-order valence-electron chi connectivity index (χ2n) is 5.60. The molecule has 21 heavy (non-hydrogen) atoms. The Balaban J connectivity index is 0.00000132. The topological polar surface area (TPSA) is 17.8 Å². The lowest BCUT2D eigenvalue weighted by atomic mass is 9.96. The molecule has 1 aliphatic rings. The van der Waals surface area contributed by atoms with Gasteiger partial charge < -0.3 is 4.57 Å². The van der Waals surface area contributed by atoms with E-state index in [1.807, 2.05) is 12.4 Å². The molecule has 0 atom stereocenters. The van der Waals surface area contributed by atoms with Crippen LogP contribution in [0, 0.1) is 0 Å². The number of aryl methyl sites for hydroxylation is 1. The number of hydrogen-bond acceptors (Lipinski definition) is 1. The first-order valence-corrected chi connectivity index (χ1v) is 7.41. The minimum Gasteiger partial charge on any atom is -0.340 e. The van der Waals surface area contributed by atoms with E-state index in [0.717, 1.165) is 6.54 Å². The zero-order valence-electron chi connectivity index (χ0n) is 12.0. The van der Waals surface area contributed by atoms with Crippen molar-refractivity contribution in [3.8, 4) is 0 Å². The van der Waals surface area contributed by atoms with E-state index in [9.17, 15) is 0 Å². The van der Waals surface area contributed by atoms with Crippen molar-refractivity contribution in [1.29, 1.82) is 0 Å². The maximum atomic E-state index is 4.33. The van der Waals surface area contributed by atoms with Crippen LogP contribution in [0.1, 0.15) is 29.7 Å². The van der Waals surface area contributed by atoms with Crippen LogP contribution < -0.4 is 0 Å². The third kappa shape index (κ3) is 2.44. The van der Waals surface area contributed by atoms with Crippen molar-refractivity contribution in [3.05, 3.63) is 65.6 Å². The van der Waals surface area contributed by atoms with Crippen molar-refractivity contribution in [2.24, 2.45) is 0 Å². The van der Waals surface area contributed by atoms with Gasteiger partial charge in [0.2, 0.25) is 0 Å². The van der Waals surface area contributed by atoms with Gasteiger partial charge >= 0.3 is 0 Å². The summed E-state index contributed by atoms with van der Waals surface area (Å²) in [6.45, 7) is 0.969. The molecule has 0 spiro atoms. The molecule has 0 bridgehead atoms. The average molecular weight is 299 g/mol. The number of rotatable bonds is 2. The second kappa shape index (κ2) is 5.90. The van der Waals surface area contributed by atoms with Gasteiger partial charge in [-0.05, 0) is 42.9 Å². The summed E-state index contributed by atoms with van der Waals surface area (Å²) in [6, 6.07) is 12.9. The molecule has 0 fully saturated rings. The highest BCUT2D eigenvalue weighted by atomic mass is 35.5. The Morgan fingerprint density at radius 1 is 1.00 bits per heavy atom. The van der Waals surface area contributed by atoms with Crippen molar-refractivity contribution in [3.63, 3.8) is 0 Å². The molecule has 0 amide bonds. The van der Waals surface area contributed by atoms with E-state index in [4.69, 9.17) is 0 Å². The van der Waals surface area contributed by atoms with Gasteiger partial charge in [-0.3, -0.25) is 4.98 Å². The molecule has 0 radical (unpaired) electrons. The Morgan fingerprint density at radius 2 is 1.81 bits per heavy atom. The van der Waals surface area contributed by atoms with Gasteiger partial charge in [0.1, 0.15) is 0 Å². The predicted octanol–water partition coefficient (Wildman–Crippen LogP) is 4.39. The first-order chi connectivity index (χ1) is 9.93. The molecule has 2 aromatic heterocycles. The molecule has 0 saturated heterocycles. The van der Waals surface area contributed by atoms with Crippen LogP contribution in [-0.2, 0) is 19.4 Å². The molecular formula is C18H19ClN2. The summed E-state index contributed by atoms with van der Waals surface area (Å²) in [4.78, 5) is 4.33. The Hall–Kier alpha value is -1.80. The maximum absolute atomic E-state index is 4.33. The molecule has 4 rings (SSSR count). The van der Waals surface area contributed by atoms with Gasteiger partial charge in [0, 0.05) is 30.0 Å². The molecular weight excluding hydrogens is 280 g/mol. The molecule has 3 heteroatoms. The second-order valence-corrected chi connectivity index (χ2v) is 5.60. The van der Waals surface area contributed by atoms with Gasteiger partial charge in [0.05, 0.1) is 5.52 Å². The van der Waals surface area contributed by atoms with E-state index in [1.165, 1.54) is 53.4 Å². The van der Waals surface area contributed by atoms with Crippen LogP contribution in [0.4, 0.5) is 0 Å². The molecule has 0 saturated carbocycles. The minimum atomic E-state index is 0. The Kier molecular flexibility index (Phi) is 3.98. The van der Waals surface area contributed by atoms with Gasteiger partial charge in [-0.25, -0.2) is 0 Å². The zero-order valence-corrected chi connectivity index (χ0v) is 12.8. The number of aromatic nitrogens is 2. The molecule has 3 aromatic rings. The fourth-order valence-electron chi connectivity index (χ4n) is 3.42. The predicted molar refractivity (Wildman–Crippen MR) is 89.2 cm³/mol.